The van der Waals surface area contributed by atoms with Crippen molar-refractivity contribution in [2.75, 3.05) is 0 Å². The largest absolute Gasteiger partial charge is 0.435 e. The molecule has 172 valence electrons. The lowest BCUT2D eigenvalue weighted by atomic mass is 10.0. The second kappa shape index (κ2) is 8.40. The van der Waals surface area contributed by atoms with Crippen molar-refractivity contribution in [3.63, 3.8) is 0 Å². The average Bonchev–Trinajstić information content (AvgIpc) is 3.08. The smallest absolute Gasteiger partial charge is 0.327 e. The fourth-order valence-corrected chi connectivity index (χ4v) is 4.25. The van der Waals surface area contributed by atoms with Gasteiger partial charge >= 0.3 is 12.4 Å². The first-order valence-corrected chi connectivity index (χ1v) is 10.5. The van der Waals surface area contributed by atoms with Crippen molar-refractivity contribution in [2.45, 2.75) is 17.2 Å². The van der Waals surface area contributed by atoms with Crippen molar-refractivity contribution in [2.24, 2.45) is 7.05 Å². The van der Waals surface area contributed by atoms with Crippen molar-refractivity contribution in [3.05, 3.63) is 76.6 Å². The van der Waals surface area contributed by atoms with Crippen molar-refractivity contribution in [1.82, 2.24) is 9.55 Å². The molecule has 2 aromatic carbocycles. The molecule has 0 atom stereocenters. The van der Waals surface area contributed by atoms with E-state index in [0.29, 0.717) is 16.7 Å². The molecule has 0 radical (unpaired) electrons. The summed E-state index contributed by atoms with van der Waals surface area (Å²) in [5.74, 6) is -0.662. The highest BCUT2D eigenvalue weighted by Crippen LogP contribution is 2.42. The van der Waals surface area contributed by atoms with Gasteiger partial charge in [0.15, 0.2) is 10.6 Å². The van der Waals surface area contributed by atoms with Crippen LogP contribution in [0.2, 0.25) is 0 Å². The maximum Gasteiger partial charge on any atom is 0.435 e. The highest BCUT2D eigenvalue weighted by molar-refractivity contribution is 7.95. The zero-order chi connectivity index (χ0) is 24.6. The van der Waals surface area contributed by atoms with E-state index >= 15 is 0 Å². The molecule has 3 aromatic rings. The van der Waals surface area contributed by atoms with Crippen LogP contribution in [-0.2, 0) is 29.2 Å². The Morgan fingerprint density at radius 1 is 0.970 bits per heavy atom. The third kappa shape index (κ3) is 4.63. The summed E-state index contributed by atoms with van der Waals surface area (Å²) in [5, 5.41) is 9.37. The molecule has 0 bridgehead atoms. The standard InChI is InChI=1S/C21H13F6N3O2S/c1-30-17(11-14(12-28)33(31,32)13-7-3-2-4-8-13)29-19(21(25,26)27)18(30)15-9-5-6-10-16(15)20(22,23)24/h2-11H,1H3/b14-11+. The lowest BCUT2D eigenvalue weighted by Crippen LogP contribution is -2.12. The van der Waals surface area contributed by atoms with E-state index in [-0.39, 0.29) is 4.90 Å². The number of imidazole rings is 1. The quantitative estimate of drug-likeness (QED) is 0.363. The summed E-state index contributed by atoms with van der Waals surface area (Å²) in [5.41, 5.74) is -4.69. The Morgan fingerprint density at radius 2 is 1.55 bits per heavy atom. The number of alkyl halides is 6. The number of nitrogens with zero attached hydrogens (tertiary/aromatic N) is 3. The second-order valence-corrected chi connectivity index (χ2v) is 8.62. The van der Waals surface area contributed by atoms with Crippen LogP contribution < -0.4 is 0 Å². The van der Waals surface area contributed by atoms with E-state index in [4.69, 9.17) is 0 Å². The van der Waals surface area contributed by atoms with Crippen LogP contribution in [-0.4, -0.2) is 18.0 Å². The highest BCUT2D eigenvalue weighted by atomic mass is 32.2. The molecule has 0 aliphatic heterocycles. The van der Waals surface area contributed by atoms with Crippen LogP contribution >= 0.6 is 0 Å². The maximum atomic E-state index is 13.7. The number of hydrogen-bond acceptors (Lipinski definition) is 4. The van der Waals surface area contributed by atoms with Gasteiger partial charge in [-0.25, -0.2) is 13.4 Å². The minimum absolute atomic E-state index is 0.286. The molecule has 33 heavy (non-hydrogen) atoms. The van der Waals surface area contributed by atoms with Gasteiger partial charge in [0, 0.05) is 18.7 Å². The van der Waals surface area contributed by atoms with Crippen LogP contribution in [0.5, 0.6) is 0 Å². The monoisotopic (exact) mass is 485 g/mol. The summed E-state index contributed by atoms with van der Waals surface area (Å²) < 4.78 is 108. The van der Waals surface area contributed by atoms with Crippen molar-refractivity contribution in [1.29, 1.82) is 5.26 Å². The Labute approximate surface area is 184 Å². The number of hydrogen-bond donors (Lipinski definition) is 0. The first-order valence-electron chi connectivity index (χ1n) is 9.01. The Bertz CT molecular complexity index is 1370. The molecular weight excluding hydrogens is 472 g/mol. The first kappa shape index (κ1) is 24.1. The van der Waals surface area contributed by atoms with E-state index in [9.17, 15) is 40.0 Å². The van der Waals surface area contributed by atoms with Gasteiger partial charge in [-0.1, -0.05) is 36.4 Å². The Hall–Kier alpha value is -3.59. The van der Waals surface area contributed by atoms with E-state index in [2.05, 4.69) is 4.98 Å². The fourth-order valence-electron chi connectivity index (χ4n) is 3.10. The Morgan fingerprint density at radius 3 is 2.09 bits per heavy atom. The Kier molecular flexibility index (Phi) is 6.12. The van der Waals surface area contributed by atoms with E-state index in [1.54, 1.807) is 0 Å². The fraction of sp³-hybridized carbons (Fsp3) is 0.143. The molecule has 0 unspecified atom stereocenters. The highest BCUT2D eigenvalue weighted by Gasteiger charge is 2.42. The van der Waals surface area contributed by atoms with Crippen molar-refractivity contribution < 1.29 is 34.8 Å². The number of allylic oxidation sites excluding steroid dienone is 1. The number of aromatic nitrogens is 2. The number of sulfone groups is 1. The molecule has 3 rings (SSSR count). The Balaban J connectivity index is 2.30. The SMILES string of the molecule is Cn1c(/C=C(\C#N)S(=O)(=O)c2ccccc2)nc(C(F)(F)F)c1-c1ccccc1C(F)(F)F. The lowest BCUT2D eigenvalue weighted by molar-refractivity contribution is -0.141. The number of halogens is 6. The molecule has 1 aromatic heterocycles. The first-order chi connectivity index (χ1) is 15.3. The van der Waals surface area contributed by atoms with E-state index in [1.807, 2.05) is 0 Å². The molecule has 0 spiro atoms. The minimum Gasteiger partial charge on any atom is -0.327 e. The molecular formula is C21H13F6N3O2S. The van der Waals surface area contributed by atoms with E-state index in [0.717, 1.165) is 25.2 Å². The summed E-state index contributed by atoms with van der Waals surface area (Å²) in [6.45, 7) is 0. The maximum absolute atomic E-state index is 13.7. The molecule has 1 heterocycles. The third-order valence-electron chi connectivity index (χ3n) is 4.60. The van der Waals surface area contributed by atoms with E-state index in [1.165, 1.54) is 36.4 Å². The topological polar surface area (TPSA) is 75.8 Å². The summed E-state index contributed by atoms with van der Waals surface area (Å²) >= 11 is 0. The summed E-state index contributed by atoms with van der Waals surface area (Å²) in [7, 11) is -3.42. The van der Waals surface area contributed by atoms with Gasteiger partial charge in [-0.15, -0.1) is 0 Å². The van der Waals surface area contributed by atoms with Crippen molar-refractivity contribution in [3.8, 4) is 17.3 Å². The molecule has 0 aliphatic carbocycles. The van der Waals surface area contributed by atoms with Gasteiger partial charge in [0.05, 0.1) is 16.2 Å². The van der Waals surface area contributed by atoms with Gasteiger partial charge in [-0.2, -0.15) is 31.6 Å². The lowest BCUT2D eigenvalue weighted by Gasteiger charge is -2.15. The molecule has 5 nitrogen and oxygen atoms in total. The number of benzene rings is 2. The van der Waals surface area contributed by atoms with Gasteiger partial charge in [0.25, 0.3) is 0 Å². The van der Waals surface area contributed by atoms with Crippen molar-refractivity contribution >= 4 is 15.9 Å². The zero-order valence-electron chi connectivity index (χ0n) is 16.6. The van der Waals surface area contributed by atoms with Gasteiger partial charge in [-0.05, 0) is 18.2 Å². The predicted octanol–water partition coefficient (Wildman–Crippen LogP) is 5.46. The van der Waals surface area contributed by atoms with Gasteiger partial charge in [0.1, 0.15) is 11.9 Å². The molecule has 0 amide bonds. The third-order valence-corrected chi connectivity index (χ3v) is 6.28. The van der Waals surface area contributed by atoms with Crippen LogP contribution in [0.4, 0.5) is 26.3 Å². The zero-order valence-corrected chi connectivity index (χ0v) is 17.4. The van der Waals surface area contributed by atoms with Crippen LogP contribution in [0.3, 0.4) is 0 Å². The molecule has 0 fully saturated rings. The van der Waals surface area contributed by atoms with Crippen LogP contribution in [0.1, 0.15) is 17.1 Å². The van der Waals surface area contributed by atoms with Crippen LogP contribution in [0.25, 0.3) is 17.3 Å². The molecule has 0 aliphatic rings. The van der Waals surface area contributed by atoms with Crippen LogP contribution in [0, 0.1) is 11.3 Å². The average molecular weight is 485 g/mol. The second-order valence-electron chi connectivity index (χ2n) is 6.70. The minimum atomic E-state index is -5.16. The molecule has 12 heteroatoms. The van der Waals surface area contributed by atoms with Gasteiger partial charge < -0.3 is 4.57 Å². The number of nitriles is 1. The van der Waals surface area contributed by atoms with Crippen LogP contribution in [0.15, 0.2) is 64.4 Å². The molecule has 0 saturated carbocycles. The summed E-state index contributed by atoms with van der Waals surface area (Å²) in [6.07, 6.45) is -9.53. The van der Waals surface area contributed by atoms with Gasteiger partial charge in [-0.3, -0.25) is 0 Å². The van der Waals surface area contributed by atoms with Gasteiger partial charge in [0.2, 0.25) is 9.84 Å². The molecule has 0 N–H and O–H groups in total. The molecule has 0 saturated heterocycles. The normalized spacial score (nSPS) is 13.1. The summed E-state index contributed by atoms with van der Waals surface area (Å²) in [6, 6.07) is 11.7. The number of rotatable bonds is 4. The predicted molar refractivity (Wildman–Crippen MR) is 106 cm³/mol. The van der Waals surface area contributed by atoms with E-state index < -0.39 is 55.4 Å². The summed E-state index contributed by atoms with van der Waals surface area (Å²) in [4.78, 5) is 2.14.